The number of amides is 2. The van der Waals surface area contributed by atoms with E-state index in [1.807, 2.05) is 95.3 Å². The lowest BCUT2D eigenvalue weighted by molar-refractivity contribution is -0.140. The van der Waals surface area contributed by atoms with Crippen molar-refractivity contribution >= 4 is 39.1 Å². The predicted molar refractivity (Wildman–Crippen MR) is 185 cm³/mol. The minimum absolute atomic E-state index is 0.00311. The van der Waals surface area contributed by atoms with Gasteiger partial charge in [-0.25, -0.2) is 8.42 Å². The average Bonchev–Trinajstić information content (AvgIpc) is 3.04. The Morgan fingerprint density at radius 3 is 2.09 bits per heavy atom. The SMILES string of the molecule is CC[C@@H](C)NC(=O)[C@@H](Cc1ccccc1)N(Cc1ccc(C)cc1)C(=O)CN(c1ccc(C)c(C)c1)S(=O)(=O)c1ccc(Cl)cc1. The van der Waals surface area contributed by atoms with Crippen LogP contribution in [0.1, 0.15) is 48.1 Å². The second-order valence-electron chi connectivity index (χ2n) is 11.8. The minimum Gasteiger partial charge on any atom is -0.352 e. The molecule has 0 unspecified atom stereocenters. The van der Waals surface area contributed by atoms with E-state index in [2.05, 4.69) is 5.32 Å². The molecule has 0 fully saturated rings. The molecular weight excluding hydrogens is 618 g/mol. The van der Waals surface area contributed by atoms with E-state index >= 15 is 0 Å². The molecule has 242 valence electrons. The molecule has 4 rings (SSSR count). The van der Waals surface area contributed by atoms with Gasteiger partial charge in [0, 0.05) is 24.0 Å². The lowest BCUT2D eigenvalue weighted by atomic mass is 10.0. The number of hydrogen-bond acceptors (Lipinski definition) is 4. The number of sulfonamides is 1. The lowest BCUT2D eigenvalue weighted by Crippen LogP contribution is -2.54. The van der Waals surface area contributed by atoms with Crippen molar-refractivity contribution in [2.45, 2.75) is 71.0 Å². The number of nitrogens with one attached hydrogen (secondary N) is 1. The fourth-order valence-corrected chi connectivity index (χ4v) is 6.56. The zero-order valence-electron chi connectivity index (χ0n) is 27.0. The minimum atomic E-state index is -4.21. The van der Waals surface area contributed by atoms with E-state index in [0.29, 0.717) is 10.7 Å². The molecule has 46 heavy (non-hydrogen) atoms. The zero-order chi connectivity index (χ0) is 33.4. The van der Waals surface area contributed by atoms with E-state index in [0.717, 1.165) is 38.5 Å². The van der Waals surface area contributed by atoms with E-state index in [9.17, 15) is 18.0 Å². The highest BCUT2D eigenvalue weighted by Gasteiger charge is 2.35. The number of carbonyl (C=O) groups excluding carboxylic acids is 2. The molecular formula is C37H42ClN3O4S. The summed E-state index contributed by atoms with van der Waals surface area (Å²) in [6.07, 6.45) is 0.976. The van der Waals surface area contributed by atoms with Crippen LogP contribution in [-0.4, -0.2) is 43.8 Å². The van der Waals surface area contributed by atoms with Gasteiger partial charge in [-0.05, 0) is 92.8 Å². The predicted octanol–water partition coefficient (Wildman–Crippen LogP) is 7.02. The maximum atomic E-state index is 14.6. The molecule has 0 saturated carbocycles. The number of anilines is 1. The highest BCUT2D eigenvalue weighted by atomic mass is 35.5. The summed E-state index contributed by atoms with van der Waals surface area (Å²) in [7, 11) is -4.21. The molecule has 0 spiro atoms. The first-order valence-corrected chi connectivity index (χ1v) is 17.3. The van der Waals surface area contributed by atoms with Crippen molar-refractivity contribution in [2.24, 2.45) is 0 Å². The van der Waals surface area contributed by atoms with Gasteiger partial charge in [-0.1, -0.05) is 84.8 Å². The van der Waals surface area contributed by atoms with Crippen LogP contribution in [0.5, 0.6) is 0 Å². The summed E-state index contributed by atoms with van der Waals surface area (Å²) in [5.41, 5.74) is 4.99. The molecule has 0 aliphatic heterocycles. The van der Waals surface area contributed by atoms with Crippen LogP contribution in [-0.2, 0) is 32.6 Å². The van der Waals surface area contributed by atoms with Crippen molar-refractivity contribution in [1.82, 2.24) is 10.2 Å². The molecule has 0 aromatic heterocycles. The van der Waals surface area contributed by atoms with Crippen LogP contribution in [0.25, 0.3) is 0 Å². The summed E-state index contributed by atoms with van der Waals surface area (Å²) in [5.74, 6) is -0.798. The molecule has 4 aromatic rings. The molecule has 9 heteroatoms. The van der Waals surface area contributed by atoms with Crippen molar-refractivity contribution in [1.29, 1.82) is 0 Å². The largest absolute Gasteiger partial charge is 0.352 e. The number of carbonyl (C=O) groups is 2. The second kappa shape index (κ2) is 15.4. The van der Waals surface area contributed by atoms with Gasteiger partial charge in [-0.2, -0.15) is 0 Å². The molecule has 2 atom stereocenters. The summed E-state index contributed by atoms with van der Waals surface area (Å²) < 4.78 is 29.5. The van der Waals surface area contributed by atoms with Crippen LogP contribution >= 0.6 is 11.6 Å². The Morgan fingerprint density at radius 2 is 1.48 bits per heavy atom. The number of aryl methyl sites for hydroxylation is 3. The van der Waals surface area contributed by atoms with Crippen molar-refractivity contribution in [3.05, 3.63) is 130 Å². The average molecular weight is 660 g/mol. The highest BCUT2D eigenvalue weighted by Crippen LogP contribution is 2.28. The standard InChI is InChI=1S/C37H42ClN3O4S/c1-6-29(5)39-37(43)35(23-30-10-8-7-9-11-30)40(24-31-15-12-26(2)13-16-31)36(42)25-41(33-19-14-27(3)28(4)22-33)46(44,45)34-20-17-32(38)18-21-34/h7-22,29,35H,6,23-25H2,1-5H3,(H,39,43)/t29-,35-/m1/s1. The summed E-state index contributed by atoms with van der Waals surface area (Å²) in [5, 5.41) is 3.46. The molecule has 0 aliphatic rings. The van der Waals surface area contributed by atoms with Crippen LogP contribution < -0.4 is 9.62 Å². The number of halogens is 1. The van der Waals surface area contributed by atoms with Gasteiger partial charge in [0.25, 0.3) is 10.0 Å². The normalized spacial score (nSPS) is 12.7. The first-order chi connectivity index (χ1) is 21.9. The van der Waals surface area contributed by atoms with Crippen molar-refractivity contribution in [2.75, 3.05) is 10.8 Å². The molecule has 4 aromatic carbocycles. The Kier molecular flexibility index (Phi) is 11.7. The van der Waals surface area contributed by atoms with Gasteiger partial charge in [-0.15, -0.1) is 0 Å². The fourth-order valence-electron chi connectivity index (χ4n) is 5.03. The Balaban J connectivity index is 1.82. The van der Waals surface area contributed by atoms with Gasteiger partial charge >= 0.3 is 0 Å². The molecule has 1 N–H and O–H groups in total. The van der Waals surface area contributed by atoms with E-state index in [4.69, 9.17) is 11.6 Å². The van der Waals surface area contributed by atoms with Gasteiger partial charge in [0.05, 0.1) is 10.6 Å². The third-order valence-corrected chi connectivity index (χ3v) is 10.2. The van der Waals surface area contributed by atoms with Crippen LogP contribution in [0, 0.1) is 20.8 Å². The first kappa shape index (κ1) is 34.7. The first-order valence-electron chi connectivity index (χ1n) is 15.4. The molecule has 7 nitrogen and oxygen atoms in total. The molecule has 0 bridgehead atoms. The number of nitrogens with zero attached hydrogens (tertiary/aromatic N) is 2. The topological polar surface area (TPSA) is 86.8 Å². The smallest absolute Gasteiger partial charge is 0.264 e. The Bertz CT molecular complexity index is 1740. The van der Waals surface area contributed by atoms with Crippen LogP contribution in [0.2, 0.25) is 5.02 Å². The van der Waals surface area contributed by atoms with Crippen LogP contribution in [0.15, 0.2) is 102 Å². The monoisotopic (exact) mass is 659 g/mol. The number of hydrogen-bond donors (Lipinski definition) is 1. The van der Waals surface area contributed by atoms with E-state index < -0.39 is 28.5 Å². The fraction of sp³-hybridized carbons (Fsp3) is 0.297. The van der Waals surface area contributed by atoms with Crippen LogP contribution in [0.4, 0.5) is 5.69 Å². The van der Waals surface area contributed by atoms with Crippen molar-refractivity contribution in [3.63, 3.8) is 0 Å². The maximum absolute atomic E-state index is 14.6. The summed E-state index contributed by atoms with van der Waals surface area (Å²) in [6.45, 7) is 9.32. The number of benzene rings is 4. The quantitative estimate of drug-likeness (QED) is 0.167. The van der Waals surface area contributed by atoms with E-state index in [1.165, 1.54) is 29.2 Å². The number of rotatable bonds is 13. The van der Waals surface area contributed by atoms with Gasteiger partial charge in [0.2, 0.25) is 11.8 Å². The zero-order valence-corrected chi connectivity index (χ0v) is 28.6. The molecule has 0 heterocycles. The molecule has 0 saturated heterocycles. The van der Waals surface area contributed by atoms with Gasteiger partial charge in [0.1, 0.15) is 12.6 Å². The molecule has 0 radical (unpaired) electrons. The van der Waals surface area contributed by atoms with Gasteiger partial charge in [0.15, 0.2) is 0 Å². The second-order valence-corrected chi connectivity index (χ2v) is 14.1. The van der Waals surface area contributed by atoms with Gasteiger partial charge < -0.3 is 10.2 Å². The summed E-state index contributed by atoms with van der Waals surface area (Å²) >= 11 is 6.08. The van der Waals surface area contributed by atoms with E-state index in [-0.39, 0.29) is 29.8 Å². The summed E-state index contributed by atoms with van der Waals surface area (Å²) in [4.78, 5) is 30.1. The third kappa shape index (κ3) is 8.77. The highest BCUT2D eigenvalue weighted by molar-refractivity contribution is 7.92. The Morgan fingerprint density at radius 1 is 0.826 bits per heavy atom. The van der Waals surface area contributed by atoms with Crippen LogP contribution in [0.3, 0.4) is 0 Å². The lowest BCUT2D eigenvalue weighted by Gasteiger charge is -2.34. The van der Waals surface area contributed by atoms with E-state index in [1.54, 1.807) is 12.1 Å². The Hall–Kier alpha value is -4.14. The van der Waals surface area contributed by atoms with Gasteiger partial charge in [-0.3, -0.25) is 13.9 Å². The third-order valence-electron chi connectivity index (χ3n) is 8.20. The van der Waals surface area contributed by atoms with Crippen molar-refractivity contribution < 1.29 is 18.0 Å². The van der Waals surface area contributed by atoms with Crippen molar-refractivity contribution in [3.8, 4) is 0 Å². The molecule has 2 amide bonds. The molecule has 0 aliphatic carbocycles. The summed E-state index contributed by atoms with van der Waals surface area (Å²) in [6, 6.07) is 27.4. The Labute approximate surface area is 278 Å². The maximum Gasteiger partial charge on any atom is 0.264 e.